The van der Waals surface area contributed by atoms with E-state index in [2.05, 4.69) is 37.8 Å². The molecule has 3 heterocycles. The van der Waals surface area contributed by atoms with Crippen LogP contribution in [0, 0.1) is 0 Å². The zero-order valence-electron chi connectivity index (χ0n) is 11.6. The van der Waals surface area contributed by atoms with Crippen LogP contribution in [0.1, 0.15) is 19.1 Å². The van der Waals surface area contributed by atoms with Crippen LogP contribution in [0.25, 0.3) is 11.0 Å². The Hall–Kier alpha value is -2.61. The van der Waals surface area contributed by atoms with Gasteiger partial charge in [-0.3, -0.25) is 10.5 Å². The Labute approximate surface area is 121 Å². The van der Waals surface area contributed by atoms with Gasteiger partial charge in [-0.15, -0.1) is 0 Å². The number of aryl methyl sites for hydroxylation is 1. The summed E-state index contributed by atoms with van der Waals surface area (Å²) in [7, 11) is 0. The van der Waals surface area contributed by atoms with Crippen LogP contribution in [0.4, 0.5) is 11.8 Å². The van der Waals surface area contributed by atoms with E-state index in [1.165, 1.54) is 0 Å². The van der Waals surface area contributed by atoms with E-state index in [-0.39, 0.29) is 6.04 Å². The zero-order chi connectivity index (χ0) is 14.7. The lowest BCUT2D eigenvalue weighted by atomic mass is 10.1. The highest BCUT2D eigenvalue weighted by Crippen LogP contribution is 2.21. The van der Waals surface area contributed by atoms with Crippen molar-refractivity contribution in [3.8, 4) is 0 Å². The number of aromatic nitrogens is 4. The summed E-state index contributed by atoms with van der Waals surface area (Å²) < 4.78 is 5.33. The van der Waals surface area contributed by atoms with Crippen LogP contribution >= 0.6 is 0 Å². The fourth-order valence-electron chi connectivity index (χ4n) is 2.13. The lowest BCUT2D eigenvalue weighted by molar-refractivity contribution is 0.495. The number of nitrogens with zero attached hydrogens (tertiary/aromatic N) is 3. The van der Waals surface area contributed by atoms with Gasteiger partial charge in [-0.1, -0.05) is 0 Å². The van der Waals surface area contributed by atoms with Gasteiger partial charge in [0.05, 0.1) is 17.8 Å². The van der Waals surface area contributed by atoms with Crippen LogP contribution in [0.5, 0.6) is 0 Å². The van der Waals surface area contributed by atoms with Crippen molar-refractivity contribution in [3.05, 3.63) is 30.4 Å². The van der Waals surface area contributed by atoms with Crippen molar-refractivity contribution in [1.29, 1.82) is 0 Å². The normalized spacial score (nSPS) is 12.5. The van der Waals surface area contributed by atoms with Crippen LogP contribution in [0.3, 0.4) is 0 Å². The average molecular weight is 287 g/mol. The summed E-state index contributed by atoms with van der Waals surface area (Å²) in [5.74, 6) is 7.40. The number of aromatic amines is 1. The highest BCUT2D eigenvalue weighted by atomic mass is 16.3. The molecule has 0 spiro atoms. The largest absolute Gasteiger partial charge is 0.469 e. The number of fused-ring (bicyclic) bond motifs is 1. The van der Waals surface area contributed by atoms with Gasteiger partial charge in [0.15, 0.2) is 5.65 Å². The first-order chi connectivity index (χ1) is 10.3. The molecule has 0 saturated carbocycles. The molecule has 8 nitrogen and oxygen atoms in total. The maximum absolute atomic E-state index is 5.38. The number of nitrogens with one attached hydrogen (secondary N) is 3. The SMILES string of the molecule is CC(CCc1ccco1)Nc1nc(NN)nc2[nH]ncc12. The van der Waals surface area contributed by atoms with Crippen LogP contribution in [0.2, 0.25) is 0 Å². The Balaban J connectivity index is 1.72. The van der Waals surface area contributed by atoms with E-state index in [0.717, 1.165) is 24.0 Å². The second-order valence-corrected chi connectivity index (χ2v) is 4.84. The molecule has 0 aliphatic heterocycles. The minimum absolute atomic E-state index is 0.216. The molecule has 0 amide bonds. The summed E-state index contributed by atoms with van der Waals surface area (Å²) in [6.45, 7) is 2.09. The smallest absolute Gasteiger partial charge is 0.241 e. The highest BCUT2D eigenvalue weighted by molar-refractivity contribution is 5.87. The first kappa shape index (κ1) is 13.4. The number of nitrogen functional groups attached to an aromatic ring is 1. The third-order valence-electron chi connectivity index (χ3n) is 3.23. The first-order valence-corrected chi connectivity index (χ1v) is 6.73. The lowest BCUT2D eigenvalue weighted by Crippen LogP contribution is -2.18. The summed E-state index contributed by atoms with van der Waals surface area (Å²) in [6.07, 6.45) is 5.16. The summed E-state index contributed by atoms with van der Waals surface area (Å²) in [5.41, 5.74) is 3.09. The van der Waals surface area contributed by atoms with Crippen molar-refractivity contribution in [2.24, 2.45) is 5.84 Å². The van der Waals surface area contributed by atoms with Crippen molar-refractivity contribution >= 4 is 22.8 Å². The number of hydrazine groups is 1. The fraction of sp³-hybridized carbons (Fsp3) is 0.308. The van der Waals surface area contributed by atoms with Gasteiger partial charge in [0.1, 0.15) is 11.6 Å². The zero-order valence-corrected chi connectivity index (χ0v) is 11.6. The maximum Gasteiger partial charge on any atom is 0.241 e. The fourth-order valence-corrected chi connectivity index (χ4v) is 2.13. The van der Waals surface area contributed by atoms with Crippen molar-refractivity contribution in [3.63, 3.8) is 0 Å². The monoisotopic (exact) mass is 287 g/mol. The summed E-state index contributed by atoms with van der Waals surface area (Å²) in [4.78, 5) is 8.52. The van der Waals surface area contributed by atoms with Crippen LogP contribution in [-0.2, 0) is 6.42 Å². The predicted octanol–water partition coefficient (Wildman–Crippen LogP) is 1.66. The minimum atomic E-state index is 0.216. The summed E-state index contributed by atoms with van der Waals surface area (Å²) in [5, 5.41) is 11.0. The van der Waals surface area contributed by atoms with Gasteiger partial charge in [0.25, 0.3) is 0 Å². The molecular formula is C13H17N7O. The van der Waals surface area contributed by atoms with E-state index in [9.17, 15) is 0 Å². The number of hydrogen-bond donors (Lipinski definition) is 4. The van der Waals surface area contributed by atoms with E-state index in [4.69, 9.17) is 10.3 Å². The topological polar surface area (TPSA) is 118 Å². The number of furan rings is 1. The molecule has 1 atom stereocenters. The predicted molar refractivity (Wildman–Crippen MR) is 79.6 cm³/mol. The molecule has 8 heteroatoms. The van der Waals surface area contributed by atoms with Crippen LogP contribution in [0.15, 0.2) is 29.0 Å². The van der Waals surface area contributed by atoms with E-state index < -0.39 is 0 Å². The molecule has 0 aliphatic rings. The number of H-pyrrole nitrogens is 1. The van der Waals surface area contributed by atoms with E-state index in [0.29, 0.717) is 17.4 Å². The molecular weight excluding hydrogens is 270 g/mol. The molecule has 0 bridgehead atoms. The number of hydrogen-bond acceptors (Lipinski definition) is 7. The van der Waals surface area contributed by atoms with Gasteiger partial charge in [0, 0.05) is 12.5 Å². The van der Waals surface area contributed by atoms with Crippen LogP contribution in [-0.4, -0.2) is 26.2 Å². The molecule has 3 aromatic heterocycles. The Morgan fingerprint density at radius 1 is 1.43 bits per heavy atom. The van der Waals surface area contributed by atoms with Gasteiger partial charge in [0.2, 0.25) is 5.95 Å². The quantitative estimate of drug-likeness (QED) is 0.402. The van der Waals surface area contributed by atoms with Crippen molar-refractivity contribution < 1.29 is 4.42 Å². The molecule has 110 valence electrons. The molecule has 1 unspecified atom stereocenters. The van der Waals surface area contributed by atoms with Gasteiger partial charge >= 0.3 is 0 Å². The van der Waals surface area contributed by atoms with Crippen LogP contribution < -0.4 is 16.6 Å². The van der Waals surface area contributed by atoms with E-state index >= 15 is 0 Å². The summed E-state index contributed by atoms with van der Waals surface area (Å²) >= 11 is 0. The third-order valence-corrected chi connectivity index (χ3v) is 3.23. The Morgan fingerprint density at radius 2 is 2.33 bits per heavy atom. The maximum atomic E-state index is 5.38. The standard InChI is InChI=1S/C13H17N7O/c1-8(4-5-9-3-2-6-21-9)16-11-10-7-15-20-12(10)18-13(17-11)19-14/h2-3,6-8H,4-5,14H2,1H3,(H3,15,16,17,18,19,20). The van der Waals surface area contributed by atoms with E-state index in [1.54, 1.807) is 12.5 Å². The van der Waals surface area contributed by atoms with Gasteiger partial charge < -0.3 is 9.73 Å². The molecule has 0 aliphatic carbocycles. The minimum Gasteiger partial charge on any atom is -0.469 e. The first-order valence-electron chi connectivity index (χ1n) is 6.73. The van der Waals surface area contributed by atoms with Crippen molar-refractivity contribution in [2.45, 2.75) is 25.8 Å². The van der Waals surface area contributed by atoms with Gasteiger partial charge in [-0.25, -0.2) is 5.84 Å². The molecule has 3 rings (SSSR count). The molecule has 0 radical (unpaired) electrons. The second kappa shape index (κ2) is 5.80. The van der Waals surface area contributed by atoms with Crippen molar-refractivity contribution in [1.82, 2.24) is 20.2 Å². The van der Waals surface area contributed by atoms with Gasteiger partial charge in [-0.05, 0) is 25.5 Å². The lowest BCUT2D eigenvalue weighted by Gasteiger charge is -2.14. The molecule has 0 fully saturated rings. The van der Waals surface area contributed by atoms with Crippen molar-refractivity contribution in [2.75, 3.05) is 10.7 Å². The Bertz CT molecular complexity index is 706. The molecule has 0 saturated heterocycles. The molecule has 5 N–H and O–H groups in total. The average Bonchev–Trinajstić information content (AvgIpc) is 3.16. The number of nitrogens with two attached hydrogens (primary N) is 1. The Kier molecular flexibility index (Phi) is 3.69. The molecule has 21 heavy (non-hydrogen) atoms. The second-order valence-electron chi connectivity index (χ2n) is 4.84. The highest BCUT2D eigenvalue weighted by Gasteiger charge is 2.12. The van der Waals surface area contributed by atoms with E-state index in [1.807, 2.05) is 12.1 Å². The molecule has 3 aromatic rings. The number of anilines is 2. The third kappa shape index (κ3) is 2.95. The number of rotatable bonds is 6. The summed E-state index contributed by atoms with van der Waals surface area (Å²) in [6, 6.07) is 4.09. The Morgan fingerprint density at radius 3 is 3.10 bits per heavy atom. The molecule has 0 aromatic carbocycles. The van der Waals surface area contributed by atoms with Gasteiger partial charge in [-0.2, -0.15) is 15.1 Å².